The zero-order valence-electron chi connectivity index (χ0n) is 62.1. The van der Waals surface area contributed by atoms with Crippen molar-refractivity contribution in [3.8, 4) is 78.4 Å². The maximum atomic E-state index is 11.0. The third kappa shape index (κ3) is 17.6. The van der Waals surface area contributed by atoms with Gasteiger partial charge < -0.3 is 44.8 Å². The molecule has 2 aliphatic heterocycles. The lowest BCUT2D eigenvalue weighted by Crippen LogP contribution is -2.41. The summed E-state index contributed by atoms with van der Waals surface area (Å²) in [5, 5.41) is 31.8. The number of aldehydes is 2. The van der Waals surface area contributed by atoms with Gasteiger partial charge in [0.05, 0.1) is 114 Å². The van der Waals surface area contributed by atoms with E-state index in [1.54, 1.807) is 48.8 Å². The van der Waals surface area contributed by atoms with E-state index < -0.39 is 36.6 Å². The van der Waals surface area contributed by atoms with Crippen LogP contribution in [-0.4, -0.2) is 132 Å². The topological polar surface area (TPSA) is 251 Å². The molecule has 14 rings (SSSR count). The second-order valence-corrected chi connectivity index (χ2v) is 32.5. The molecule has 4 aliphatic rings. The van der Waals surface area contributed by atoms with Gasteiger partial charge in [0, 0.05) is 97.2 Å². The largest absolute Gasteiger partial charge is 0.496 e. The van der Waals surface area contributed by atoms with Gasteiger partial charge in [-0.25, -0.2) is 29.9 Å². The summed E-state index contributed by atoms with van der Waals surface area (Å²) >= 11 is 53.4. The van der Waals surface area contributed by atoms with Crippen LogP contribution in [-0.2, 0) is 31.6 Å². The van der Waals surface area contributed by atoms with E-state index in [4.69, 9.17) is 131 Å². The van der Waals surface area contributed by atoms with E-state index in [9.17, 15) is 19.8 Å². The fourth-order valence-corrected chi connectivity index (χ4v) is 15.6. The van der Waals surface area contributed by atoms with Gasteiger partial charge in [-0.3, -0.25) is 19.6 Å². The Hall–Kier alpha value is -7.25. The Kier molecular flexibility index (Phi) is 25.9. The van der Waals surface area contributed by atoms with Gasteiger partial charge in [0.2, 0.25) is 0 Å². The molecule has 2 saturated carbocycles. The first kappa shape index (κ1) is 82.2. The van der Waals surface area contributed by atoms with Crippen molar-refractivity contribution in [1.82, 2.24) is 45.2 Å². The molecule has 2 saturated heterocycles. The SMILES string of the molecule is CC1(C)OB(c2cccc(-c3cccc(B4OC(C)(C)C(C)(C)O4)c3Cl)c2Cl)OC1(C)C.CNc1nc(-c2cccc(-c3cccc(-c4cnc(CNCC5CC(O)C5)c(NC)n4)c3Cl)c2Cl)cnc1CCCC1CC(O)C1.O=Cc1ncc(-c2cccc(-c3cccc(-c4cnc(C=O)c(Cl)n4)c3Cl)c2Cl)nc1Cl. The Morgan fingerprint density at radius 3 is 1.08 bits per heavy atom. The summed E-state index contributed by atoms with van der Waals surface area (Å²) in [4.78, 5) is 57.6. The molecular formula is C81H81B2Cl8N11O8. The number of nitrogens with one attached hydrogen (secondary N) is 3. The number of aliphatic hydroxyl groups is 2. The zero-order valence-corrected chi connectivity index (χ0v) is 68.2. The number of rotatable bonds is 21. The zero-order chi connectivity index (χ0) is 78.7. The summed E-state index contributed by atoms with van der Waals surface area (Å²) in [7, 11) is 2.57. The molecular weight excluding hydrogens is 1560 g/mol. The number of carbonyl (C=O) groups excluding carboxylic acids is 2. The highest BCUT2D eigenvalue weighted by molar-refractivity contribution is 6.67. The van der Waals surface area contributed by atoms with Crippen LogP contribution in [0.2, 0.25) is 40.4 Å². The molecule has 4 fully saturated rings. The minimum Gasteiger partial charge on any atom is -0.399 e. The Labute approximate surface area is 681 Å². The van der Waals surface area contributed by atoms with Crippen LogP contribution in [0.3, 0.4) is 0 Å². The molecule has 0 atom stereocenters. The van der Waals surface area contributed by atoms with Crippen molar-refractivity contribution >= 4 is 142 Å². The molecule has 19 nitrogen and oxygen atoms in total. The molecule has 0 amide bonds. The van der Waals surface area contributed by atoms with Gasteiger partial charge in [-0.1, -0.05) is 202 Å². The van der Waals surface area contributed by atoms with Crippen molar-refractivity contribution in [3.05, 3.63) is 197 Å². The smallest absolute Gasteiger partial charge is 0.399 e. The molecule has 6 heterocycles. The van der Waals surface area contributed by atoms with E-state index >= 15 is 0 Å². The quantitative estimate of drug-likeness (QED) is 0.0331. The van der Waals surface area contributed by atoms with Crippen LogP contribution < -0.4 is 26.9 Å². The van der Waals surface area contributed by atoms with Crippen molar-refractivity contribution in [2.45, 2.75) is 141 Å². The number of hydrogen-bond acceptors (Lipinski definition) is 19. The number of aromatic nitrogens is 8. The van der Waals surface area contributed by atoms with Crippen LogP contribution in [0.25, 0.3) is 78.4 Å². The van der Waals surface area contributed by atoms with Crippen molar-refractivity contribution in [1.29, 1.82) is 0 Å². The fraction of sp³-hybridized carbons (Fsp3) is 0.333. The Balaban J connectivity index is 0.000000158. The first-order valence-corrected chi connectivity index (χ1v) is 39.0. The standard InChI is InChI=1S/C35H41Cl2N7O2.C24H30B2Cl2O4.C22H10Cl4N4O2/c1-38-34-28(11-3-6-20-12-22(45)13-20)41-18-29(43-34)26-9-4-7-24(32(26)36)25-8-5-10-27(33(25)37)30-19-42-31(35(39-2)44-30)17-40-16-21-14-23(46)15-21;1-21(2)22(3,4)30-25(29-21)17-13-9-11-15(19(17)27)16-12-10-14-18(20(16)28)26-31-23(5,6)24(7,8)32-26;23-19-11(3-1-5-13(19)15-7-27-17(9-31)21(25)29-15)12-4-2-6-14(20(12)24)16-8-28-18(10-32)22(26)30-16/h4-5,7-10,18-23,40,45-46H,3,6,11-17H2,1-2H3,(H,38,43)(H,39,44);9-14H,1-8H3;1-10H. The fourth-order valence-electron chi connectivity index (χ4n) is 13.3. The maximum absolute atomic E-state index is 11.0. The second kappa shape index (κ2) is 34.6. The number of aryl methyl sites for hydroxylation is 1. The monoisotopic (exact) mass is 1640 g/mol. The van der Waals surface area contributed by atoms with Crippen molar-refractivity contribution in [3.63, 3.8) is 0 Å². The lowest BCUT2D eigenvalue weighted by Gasteiger charge is -2.32. The van der Waals surface area contributed by atoms with E-state index in [0.29, 0.717) is 112 Å². The van der Waals surface area contributed by atoms with Crippen LogP contribution >= 0.6 is 92.8 Å². The average molecular weight is 1640 g/mol. The lowest BCUT2D eigenvalue weighted by atomic mass is 9.76. The molecule has 4 aromatic heterocycles. The summed E-state index contributed by atoms with van der Waals surface area (Å²) in [6, 6.07) is 34.0. The highest BCUT2D eigenvalue weighted by atomic mass is 35.5. The molecule has 2 aliphatic carbocycles. The van der Waals surface area contributed by atoms with E-state index in [-0.39, 0.29) is 33.9 Å². The first-order chi connectivity index (χ1) is 52.4. The number of halogens is 8. The van der Waals surface area contributed by atoms with Crippen molar-refractivity contribution < 1.29 is 38.4 Å². The molecule has 570 valence electrons. The maximum Gasteiger partial charge on any atom is 0.496 e. The van der Waals surface area contributed by atoms with Gasteiger partial charge in [-0.05, 0) is 119 Å². The number of anilines is 2. The van der Waals surface area contributed by atoms with Gasteiger partial charge in [-0.2, -0.15) is 0 Å². The number of benzene rings is 6. The van der Waals surface area contributed by atoms with Crippen LogP contribution in [0.5, 0.6) is 0 Å². The lowest BCUT2D eigenvalue weighted by molar-refractivity contribution is 0.00578. The summed E-state index contributed by atoms with van der Waals surface area (Å²) in [6.45, 7) is 17.6. The summed E-state index contributed by atoms with van der Waals surface area (Å²) < 4.78 is 24.9. The van der Waals surface area contributed by atoms with Gasteiger partial charge in [-0.15, -0.1) is 0 Å². The number of carbonyl (C=O) groups is 2. The number of aliphatic hydroxyl groups excluding tert-OH is 2. The Morgan fingerprint density at radius 1 is 0.427 bits per heavy atom. The molecule has 110 heavy (non-hydrogen) atoms. The van der Waals surface area contributed by atoms with E-state index in [1.807, 2.05) is 142 Å². The number of hydrogen-bond donors (Lipinski definition) is 5. The molecule has 5 N–H and O–H groups in total. The molecule has 29 heteroatoms. The molecule has 0 spiro atoms. The summed E-state index contributed by atoms with van der Waals surface area (Å²) in [6.07, 6.45) is 13.6. The van der Waals surface area contributed by atoms with Crippen LogP contribution in [0.15, 0.2) is 134 Å². The van der Waals surface area contributed by atoms with Gasteiger partial charge in [0.15, 0.2) is 22.9 Å². The van der Waals surface area contributed by atoms with E-state index in [2.05, 4.69) is 35.9 Å². The number of nitrogens with zero attached hydrogens (tertiary/aromatic N) is 8. The predicted molar refractivity (Wildman–Crippen MR) is 443 cm³/mol. The van der Waals surface area contributed by atoms with E-state index in [0.717, 1.165) is 113 Å². The second-order valence-electron chi connectivity index (χ2n) is 29.5. The molecule has 0 bridgehead atoms. The van der Waals surface area contributed by atoms with Crippen LogP contribution in [0.1, 0.15) is 126 Å². The first-order valence-electron chi connectivity index (χ1n) is 36.0. The molecule has 6 aromatic carbocycles. The third-order valence-electron chi connectivity index (χ3n) is 21.1. The Bertz CT molecular complexity index is 4750. The van der Waals surface area contributed by atoms with Crippen molar-refractivity contribution in [2.75, 3.05) is 31.3 Å². The summed E-state index contributed by atoms with van der Waals surface area (Å²) in [5.41, 5.74) is 10.8. The van der Waals surface area contributed by atoms with E-state index in [1.165, 1.54) is 12.4 Å². The van der Waals surface area contributed by atoms with Crippen LogP contribution in [0.4, 0.5) is 11.6 Å². The molecule has 0 unspecified atom stereocenters. The summed E-state index contributed by atoms with van der Waals surface area (Å²) in [5.74, 6) is 2.55. The van der Waals surface area contributed by atoms with Gasteiger partial charge in [0.25, 0.3) is 0 Å². The molecule has 0 radical (unpaired) electrons. The van der Waals surface area contributed by atoms with Crippen molar-refractivity contribution in [2.24, 2.45) is 11.8 Å². The minimum absolute atomic E-state index is 0.0202. The predicted octanol–water partition coefficient (Wildman–Crippen LogP) is 18.4. The van der Waals surface area contributed by atoms with Crippen LogP contribution in [0, 0.1) is 11.8 Å². The van der Waals surface area contributed by atoms with Gasteiger partial charge in [0.1, 0.15) is 23.0 Å². The molecule has 10 aromatic rings. The average Bonchev–Trinajstić information content (AvgIpc) is 1.57. The Morgan fingerprint density at radius 2 is 0.736 bits per heavy atom. The normalized spacial score (nSPS) is 18.4. The third-order valence-corrected chi connectivity index (χ3v) is 24.1. The minimum atomic E-state index is -0.558. The highest BCUT2D eigenvalue weighted by Crippen LogP contribution is 2.46. The van der Waals surface area contributed by atoms with Gasteiger partial charge >= 0.3 is 14.2 Å². The highest BCUT2D eigenvalue weighted by Gasteiger charge is 2.54.